The number of carbonyl (C=O) groups excluding carboxylic acids is 1. The Bertz CT molecular complexity index is 1390. The van der Waals surface area contributed by atoms with Gasteiger partial charge in [0.25, 0.3) is 11.5 Å². The second-order valence-electron chi connectivity index (χ2n) is 8.29. The molecule has 5 rings (SSSR count). The van der Waals surface area contributed by atoms with E-state index in [1.165, 1.54) is 0 Å². The second kappa shape index (κ2) is 9.49. The lowest BCUT2D eigenvalue weighted by molar-refractivity contribution is 0.0680. The molecule has 3 aromatic carbocycles. The lowest BCUT2D eigenvalue weighted by Crippen LogP contribution is -2.22. The molecule has 0 spiro atoms. The summed E-state index contributed by atoms with van der Waals surface area (Å²) in [6.07, 6.45) is 2.20. The second-order valence-corrected chi connectivity index (χ2v) is 8.29. The lowest BCUT2D eigenvalue weighted by Gasteiger charge is -2.13. The van der Waals surface area contributed by atoms with Crippen LogP contribution in [0.4, 0.5) is 5.69 Å². The molecule has 1 saturated heterocycles. The van der Waals surface area contributed by atoms with Crippen molar-refractivity contribution in [3.63, 3.8) is 0 Å². The smallest absolute Gasteiger partial charge is 0.265 e. The monoisotopic (exact) mass is 455 g/mol. The van der Waals surface area contributed by atoms with Crippen molar-refractivity contribution in [2.24, 2.45) is 0 Å². The van der Waals surface area contributed by atoms with Crippen LogP contribution in [0.25, 0.3) is 16.6 Å². The van der Waals surface area contributed by atoms with Crippen LogP contribution >= 0.6 is 0 Å². The van der Waals surface area contributed by atoms with E-state index in [4.69, 9.17) is 9.47 Å². The molecule has 1 fully saturated rings. The highest BCUT2D eigenvalue weighted by molar-refractivity contribution is 6.04. The van der Waals surface area contributed by atoms with Gasteiger partial charge in [-0.3, -0.25) is 14.2 Å². The number of carbonyl (C=O) groups is 1. The van der Waals surface area contributed by atoms with Gasteiger partial charge >= 0.3 is 0 Å². The van der Waals surface area contributed by atoms with Crippen molar-refractivity contribution < 1.29 is 14.3 Å². The minimum absolute atomic E-state index is 0.130. The molecule has 7 heteroatoms. The van der Waals surface area contributed by atoms with E-state index in [9.17, 15) is 9.59 Å². The van der Waals surface area contributed by atoms with E-state index in [1.807, 2.05) is 36.4 Å². The van der Waals surface area contributed by atoms with Gasteiger partial charge in [0.05, 0.1) is 22.7 Å². The molecule has 1 aliphatic heterocycles. The zero-order chi connectivity index (χ0) is 23.5. The van der Waals surface area contributed by atoms with Crippen LogP contribution in [-0.2, 0) is 4.74 Å². The third-order valence-corrected chi connectivity index (χ3v) is 5.88. The summed E-state index contributed by atoms with van der Waals surface area (Å²) in [7, 11) is 0. The van der Waals surface area contributed by atoms with E-state index in [0.29, 0.717) is 46.0 Å². The van der Waals surface area contributed by atoms with Crippen LogP contribution in [0.1, 0.15) is 29.0 Å². The maximum atomic E-state index is 13.0. The first-order valence-corrected chi connectivity index (χ1v) is 11.3. The standard InChI is InChI=1S/C27H25N3O4/c1-18-28-25-10-3-2-9-24(25)27(32)30(18)21-13-11-19(12-14-21)26(31)29-20-6-4-7-22(16-20)34-17-23-8-5-15-33-23/h2-4,6-7,9-14,16,23H,5,8,15,17H2,1H3,(H,29,31). The van der Waals surface area contributed by atoms with Gasteiger partial charge in [-0.1, -0.05) is 18.2 Å². The molecule has 1 aliphatic rings. The molecule has 1 N–H and O–H groups in total. The normalized spacial score (nSPS) is 15.4. The quantitative estimate of drug-likeness (QED) is 0.463. The molecular formula is C27H25N3O4. The number of hydrogen-bond acceptors (Lipinski definition) is 5. The van der Waals surface area contributed by atoms with Crippen LogP contribution in [0.3, 0.4) is 0 Å². The van der Waals surface area contributed by atoms with Crippen LogP contribution in [0.5, 0.6) is 5.75 Å². The number of ether oxygens (including phenoxy) is 2. The van der Waals surface area contributed by atoms with Gasteiger partial charge in [0.2, 0.25) is 0 Å². The van der Waals surface area contributed by atoms with E-state index >= 15 is 0 Å². The van der Waals surface area contributed by atoms with Crippen molar-refractivity contribution in [3.05, 3.63) is 94.5 Å². The minimum Gasteiger partial charge on any atom is -0.491 e. The fourth-order valence-electron chi connectivity index (χ4n) is 4.14. The summed E-state index contributed by atoms with van der Waals surface area (Å²) in [6.45, 7) is 3.08. The Morgan fingerprint density at radius 2 is 1.94 bits per heavy atom. The van der Waals surface area contributed by atoms with Crippen LogP contribution < -0.4 is 15.6 Å². The molecule has 1 aromatic heterocycles. The van der Waals surface area contributed by atoms with Crippen molar-refractivity contribution in [3.8, 4) is 11.4 Å². The SMILES string of the molecule is Cc1nc2ccccc2c(=O)n1-c1ccc(C(=O)Nc2cccc(OCC3CCCO3)c2)cc1. The summed E-state index contributed by atoms with van der Waals surface area (Å²) in [6, 6.07) is 21.5. The van der Waals surface area contributed by atoms with Crippen molar-refractivity contribution in [1.29, 1.82) is 0 Å². The summed E-state index contributed by atoms with van der Waals surface area (Å²) in [5.74, 6) is 1.02. The molecule has 0 saturated carbocycles. The minimum atomic E-state index is -0.247. The Morgan fingerprint density at radius 3 is 2.74 bits per heavy atom. The molecule has 4 aromatic rings. The van der Waals surface area contributed by atoms with Crippen molar-refractivity contribution in [1.82, 2.24) is 9.55 Å². The third-order valence-electron chi connectivity index (χ3n) is 5.88. The molecule has 1 amide bonds. The average molecular weight is 456 g/mol. The van der Waals surface area contributed by atoms with Gasteiger partial charge in [0.15, 0.2) is 0 Å². The number of amides is 1. The largest absolute Gasteiger partial charge is 0.491 e. The molecule has 1 atom stereocenters. The Morgan fingerprint density at radius 1 is 1.12 bits per heavy atom. The van der Waals surface area contributed by atoms with E-state index < -0.39 is 0 Å². The summed E-state index contributed by atoms with van der Waals surface area (Å²) in [5, 5.41) is 3.45. The average Bonchev–Trinajstić information content (AvgIpc) is 3.37. The fourth-order valence-corrected chi connectivity index (χ4v) is 4.14. The number of para-hydroxylation sites is 1. The maximum Gasteiger partial charge on any atom is 0.265 e. The summed E-state index contributed by atoms with van der Waals surface area (Å²) in [4.78, 5) is 30.3. The zero-order valence-electron chi connectivity index (χ0n) is 18.9. The van der Waals surface area contributed by atoms with Gasteiger partial charge in [-0.05, 0) is 68.3 Å². The van der Waals surface area contributed by atoms with E-state index in [2.05, 4.69) is 10.3 Å². The van der Waals surface area contributed by atoms with E-state index in [-0.39, 0.29) is 17.6 Å². The Labute approximate surface area is 197 Å². The number of rotatable bonds is 6. The molecule has 0 aliphatic carbocycles. The van der Waals surface area contributed by atoms with Gasteiger partial charge in [0.1, 0.15) is 18.2 Å². The highest BCUT2D eigenvalue weighted by atomic mass is 16.5. The topological polar surface area (TPSA) is 82.5 Å². The summed E-state index contributed by atoms with van der Waals surface area (Å²) in [5.41, 5.74) is 2.31. The first kappa shape index (κ1) is 21.9. The molecule has 7 nitrogen and oxygen atoms in total. The van der Waals surface area contributed by atoms with Gasteiger partial charge < -0.3 is 14.8 Å². The molecular weight excluding hydrogens is 430 g/mol. The van der Waals surface area contributed by atoms with Gasteiger partial charge in [-0.25, -0.2) is 4.98 Å². The van der Waals surface area contributed by atoms with Crippen LogP contribution in [-0.4, -0.2) is 34.8 Å². The van der Waals surface area contributed by atoms with Gasteiger partial charge in [-0.15, -0.1) is 0 Å². The fraction of sp³-hybridized carbons (Fsp3) is 0.222. The molecule has 0 radical (unpaired) electrons. The first-order valence-electron chi connectivity index (χ1n) is 11.3. The van der Waals surface area contributed by atoms with E-state index in [1.54, 1.807) is 47.9 Å². The van der Waals surface area contributed by atoms with Gasteiger partial charge in [-0.2, -0.15) is 0 Å². The number of benzene rings is 3. The van der Waals surface area contributed by atoms with Crippen molar-refractivity contribution >= 4 is 22.5 Å². The van der Waals surface area contributed by atoms with Gasteiger partial charge in [0, 0.05) is 23.9 Å². The van der Waals surface area contributed by atoms with E-state index in [0.717, 1.165) is 19.4 Å². The number of nitrogens with zero attached hydrogens (tertiary/aromatic N) is 2. The van der Waals surface area contributed by atoms with Crippen molar-refractivity contribution in [2.45, 2.75) is 25.9 Å². The summed E-state index contributed by atoms with van der Waals surface area (Å²) < 4.78 is 13.0. The lowest BCUT2D eigenvalue weighted by atomic mass is 10.1. The van der Waals surface area contributed by atoms with Crippen LogP contribution in [0.2, 0.25) is 0 Å². The first-order chi connectivity index (χ1) is 16.6. The Balaban J connectivity index is 1.31. The molecule has 34 heavy (non-hydrogen) atoms. The highest BCUT2D eigenvalue weighted by Gasteiger charge is 2.16. The van der Waals surface area contributed by atoms with Crippen LogP contribution in [0.15, 0.2) is 77.6 Å². The predicted octanol–water partition coefficient (Wildman–Crippen LogP) is 4.50. The third kappa shape index (κ3) is 4.56. The Hall–Kier alpha value is -3.97. The maximum absolute atomic E-state index is 13.0. The molecule has 1 unspecified atom stereocenters. The number of anilines is 1. The number of hydrogen-bond donors (Lipinski definition) is 1. The van der Waals surface area contributed by atoms with Crippen molar-refractivity contribution in [2.75, 3.05) is 18.5 Å². The molecule has 2 heterocycles. The number of nitrogens with one attached hydrogen (secondary N) is 1. The van der Waals surface area contributed by atoms with Crippen LogP contribution in [0, 0.1) is 6.92 Å². The number of fused-ring (bicyclic) bond motifs is 1. The number of aryl methyl sites for hydroxylation is 1. The number of aromatic nitrogens is 2. The molecule has 0 bridgehead atoms. The zero-order valence-corrected chi connectivity index (χ0v) is 18.9. The highest BCUT2D eigenvalue weighted by Crippen LogP contribution is 2.21. The molecule has 172 valence electrons. The Kier molecular flexibility index (Phi) is 6.10. The summed E-state index contributed by atoms with van der Waals surface area (Å²) >= 11 is 0. The predicted molar refractivity (Wildman–Crippen MR) is 131 cm³/mol.